The third-order valence-corrected chi connectivity index (χ3v) is 2.39. The molecule has 0 aromatic heterocycles. The average Bonchev–Trinajstić information content (AvgIpc) is 2.06. The van der Waals surface area contributed by atoms with Gasteiger partial charge in [-0.05, 0) is 25.8 Å². The molecule has 0 spiro atoms. The standard InChI is InChI=1S/C11H24N/c1-5-9-12(8-4,10-6-2)11-7-3/h8H,4-7,9-11H2,1-3H3/q+1. The van der Waals surface area contributed by atoms with Crippen molar-refractivity contribution in [2.45, 2.75) is 40.0 Å². The van der Waals surface area contributed by atoms with Gasteiger partial charge in [0.05, 0.1) is 25.8 Å². The van der Waals surface area contributed by atoms with Crippen molar-refractivity contribution < 1.29 is 4.48 Å². The van der Waals surface area contributed by atoms with E-state index in [9.17, 15) is 0 Å². The van der Waals surface area contributed by atoms with Crippen LogP contribution in [0.15, 0.2) is 12.8 Å². The largest absolute Gasteiger partial charge is 0.298 e. The highest BCUT2D eigenvalue weighted by molar-refractivity contribution is 4.57. The zero-order valence-electron chi connectivity index (χ0n) is 8.97. The van der Waals surface area contributed by atoms with E-state index in [2.05, 4.69) is 33.6 Å². The molecule has 0 aliphatic carbocycles. The van der Waals surface area contributed by atoms with Gasteiger partial charge in [-0.3, -0.25) is 4.48 Å². The molecule has 0 saturated carbocycles. The summed E-state index contributed by atoms with van der Waals surface area (Å²) in [6.07, 6.45) is 5.90. The quantitative estimate of drug-likeness (QED) is 0.515. The molecule has 0 rings (SSSR count). The Bertz CT molecular complexity index is 101. The predicted molar refractivity (Wildman–Crippen MR) is 55.9 cm³/mol. The summed E-state index contributed by atoms with van der Waals surface area (Å²) in [6, 6.07) is 0. The van der Waals surface area contributed by atoms with E-state index in [1.807, 2.05) is 0 Å². The van der Waals surface area contributed by atoms with Crippen LogP contribution in [-0.4, -0.2) is 24.1 Å². The molecule has 0 aliphatic rings. The van der Waals surface area contributed by atoms with E-state index >= 15 is 0 Å². The summed E-state index contributed by atoms with van der Waals surface area (Å²) in [5, 5.41) is 0. The Labute approximate surface area is 77.7 Å². The summed E-state index contributed by atoms with van der Waals surface area (Å²) in [7, 11) is 0. The van der Waals surface area contributed by atoms with Crippen LogP contribution in [0.1, 0.15) is 40.0 Å². The molecule has 0 aromatic rings. The molecule has 0 heterocycles. The summed E-state index contributed by atoms with van der Waals surface area (Å²) in [5.74, 6) is 0. The van der Waals surface area contributed by atoms with Crippen LogP contribution in [0.2, 0.25) is 0 Å². The molecule has 0 fully saturated rings. The smallest absolute Gasteiger partial charge is 0.0885 e. The number of hydrogen-bond donors (Lipinski definition) is 0. The first-order valence-corrected chi connectivity index (χ1v) is 5.24. The number of quaternary nitrogens is 1. The van der Waals surface area contributed by atoms with E-state index in [0.29, 0.717) is 0 Å². The highest BCUT2D eigenvalue weighted by Crippen LogP contribution is 2.11. The second-order valence-corrected chi connectivity index (χ2v) is 3.57. The zero-order chi connectivity index (χ0) is 9.45. The minimum atomic E-state index is 1.11. The van der Waals surface area contributed by atoms with Crippen LogP contribution in [0.3, 0.4) is 0 Å². The van der Waals surface area contributed by atoms with Crippen molar-refractivity contribution in [1.29, 1.82) is 0 Å². The lowest BCUT2D eigenvalue weighted by Crippen LogP contribution is -2.44. The van der Waals surface area contributed by atoms with Crippen LogP contribution < -0.4 is 0 Å². The van der Waals surface area contributed by atoms with Crippen LogP contribution >= 0.6 is 0 Å². The van der Waals surface area contributed by atoms with Crippen molar-refractivity contribution in [1.82, 2.24) is 0 Å². The molecule has 0 atom stereocenters. The molecule has 0 aliphatic heterocycles. The highest BCUT2D eigenvalue weighted by Gasteiger charge is 2.19. The lowest BCUT2D eigenvalue weighted by atomic mass is 10.2. The Morgan fingerprint density at radius 2 is 1.25 bits per heavy atom. The van der Waals surface area contributed by atoms with Crippen LogP contribution in [-0.2, 0) is 0 Å². The minimum absolute atomic E-state index is 1.11. The summed E-state index contributed by atoms with van der Waals surface area (Å²) >= 11 is 0. The first-order chi connectivity index (χ1) is 5.74. The molecule has 12 heavy (non-hydrogen) atoms. The molecule has 72 valence electrons. The maximum Gasteiger partial charge on any atom is 0.0885 e. The summed E-state index contributed by atoms with van der Waals surface area (Å²) in [5.41, 5.74) is 0. The molecule has 1 heteroatoms. The Morgan fingerprint density at radius 3 is 1.42 bits per heavy atom. The average molecular weight is 170 g/mol. The van der Waals surface area contributed by atoms with Crippen LogP contribution in [0, 0.1) is 0 Å². The third-order valence-electron chi connectivity index (χ3n) is 2.39. The SMILES string of the molecule is C=C[N+](CCC)(CCC)CCC. The number of hydrogen-bond acceptors (Lipinski definition) is 0. The maximum absolute atomic E-state index is 3.96. The van der Waals surface area contributed by atoms with Gasteiger partial charge in [-0.2, -0.15) is 0 Å². The molecular formula is C11H24N+. The van der Waals surface area contributed by atoms with Crippen molar-refractivity contribution in [3.05, 3.63) is 12.8 Å². The van der Waals surface area contributed by atoms with Crippen molar-refractivity contribution in [3.8, 4) is 0 Å². The monoisotopic (exact) mass is 170 g/mol. The summed E-state index contributed by atoms with van der Waals surface area (Å²) in [4.78, 5) is 0. The van der Waals surface area contributed by atoms with Crippen LogP contribution in [0.25, 0.3) is 0 Å². The first kappa shape index (κ1) is 11.7. The fraction of sp³-hybridized carbons (Fsp3) is 0.818. The van der Waals surface area contributed by atoms with Gasteiger partial charge in [0.1, 0.15) is 0 Å². The second kappa shape index (κ2) is 6.24. The van der Waals surface area contributed by atoms with Gasteiger partial charge in [0.25, 0.3) is 0 Å². The van der Waals surface area contributed by atoms with E-state index in [-0.39, 0.29) is 0 Å². The normalized spacial score (nSPS) is 11.6. The molecule has 0 unspecified atom stereocenters. The lowest BCUT2D eigenvalue weighted by molar-refractivity contribution is -0.879. The molecule has 0 N–H and O–H groups in total. The van der Waals surface area contributed by atoms with Gasteiger partial charge < -0.3 is 0 Å². The highest BCUT2D eigenvalue weighted by atomic mass is 15.3. The van der Waals surface area contributed by atoms with Crippen molar-refractivity contribution in [2.24, 2.45) is 0 Å². The first-order valence-electron chi connectivity index (χ1n) is 5.24. The topological polar surface area (TPSA) is 0 Å². The summed E-state index contributed by atoms with van der Waals surface area (Å²) in [6.45, 7) is 14.5. The lowest BCUT2D eigenvalue weighted by Gasteiger charge is -2.34. The maximum atomic E-state index is 3.96. The van der Waals surface area contributed by atoms with E-state index in [4.69, 9.17) is 0 Å². The Balaban J connectivity index is 4.16. The molecular weight excluding hydrogens is 146 g/mol. The third kappa shape index (κ3) is 3.40. The molecule has 0 bridgehead atoms. The van der Waals surface area contributed by atoms with Crippen LogP contribution in [0.5, 0.6) is 0 Å². The van der Waals surface area contributed by atoms with Crippen molar-refractivity contribution in [3.63, 3.8) is 0 Å². The molecule has 0 amide bonds. The number of nitrogens with zero attached hydrogens (tertiary/aromatic N) is 1. The fourth-order valence-corrected chi connectivity index (χ4v) is 1.95. The van der Waals surface area contributed by atoms with Gasteiger partial charge in [0, 0.05) is 0 Å². The van der Waals surface area contributed by atoms with Crippen molar-refractivity contribution >= 4 is 0 Å². The van der Waals surface area contributed by atoms with Crippen molar-refractivity contribution in [2.75, 3.05) is 19.6 Å². The van der Waals surface area contributed by atoms with E-state index in [0.717, 1.165) is 4.48 Å². The molecule has 0 saturated heterocycles. The Kier molecular flexibility index (Phi) is 6.09. The van der Waals surface area contributed by atoms with Crippen LogP contribution in [0.4, 0.5) is 0 Å². The predicted octanol–water partition coefficient (Wildman–Crippen LogP) is 3.18. The van der Waals surface area contributed by atoms with Gasteiger partial charge in [0.15, 0.2) is 0 Å². The number of rotatable bonds is 7. The molecule has 0 aromatic carbocycles. The summed E-state index contributed by atoms with van der Waals surface area (Å²) < 4.78 is 1.11. The van der Waals surface area contributed by atoms with Gasteiger partial charge in [-0.15, -0.1) is 0 Å². The fourth-order valence-electron chi connectivity index (χ4n) is 1.95. The van der Waals surface area contributed by atoms with Gasteiger partial charge in [-0.1, -0.05) is 20.8 Å². The molecule has 1 nitrogen and oxygen atoms in total. The molecule has 0 radical (unpaired) electrons. The van der Waals surface area contributed by atoms with E-state index in [1.165, 1.54) is 38.9 Å². The minimum Gasteiger partial charge on any atom is -0.298 e. The van der Waals surface area contributed by atoms with Gasteiger partial charge >= 0.3 is 0 Å². The Morgan fingerprint density at radius 1 is 0.917 bits per heavy atom. The van der Waals surface area contributed by atoms with Gasteiger partial charge in [0.2, 0.25) is 0 Å². The van der Waals surface area contributed by atoms with E-state index < -0.39 is 0 Å². The second-order valence-electron chi connectivity index (χ2n) is 3.57. The van der Waals surface area contributed by atoms with E-state index in [1.54, 1.807) is 0 Å². The zero-order valence-corrected chi connectivity index (χ0v) is 8.97. The van der Waals surface area contributed by atoms with Gasteiger partial charge in [-0.25, -0.2) is 0 Å². The Hall–Kier alpha value is -0.300.